The van der Waals surface area contributed by atoms with Gasteiger partial charge in [0.2, 0.25) is 0 Å². The summed E-state index contributed by atoms with van der Waals surface area (Å²) in [7, 11) is -3.81. The quantitative estimate of drug-likeness (QED) is 0.513. The van der Waals surface area contributed by atoms with Gasteiger partial charge < -0.3 is 5.32 Å². The van der Waals surface area contributed by atoms with Crippen molar-refractivity contribution in [2.24, 2.45) is 0 Å². The van der Waals surface area contributed by atoms with Crippen LogP contribution in [-0.4, -0.2) is 25.3 Å². The Hall–Kier alpha value is -1.14. The fourth-order valence-corrected chi connectivity index (χ4v) is 2.51. The number of hydrogen-bond donors (Lipinski definition) is 2. The molecule has 0 heterocycles. The highest BCUT2D eigenvalue weighted by molar-refractivity contribution is 7.85. The first-order chi connectivity index (χ1) is 9.49. The van der Waals surface area contributed by atoms with E-state index in [2.05, 4.69) is 5.32 Å². The SMILES string of the molecule is O=S(=O)(O)CCCCCCCCNc1ccccc1F. The largest absolute Gasteiger partial charge is 0.383 e. The van der Waals surface area contributed by atoms with E-state index >= 15 is 0 Å². The molecule has 0 radical (unpaired) electrons. The first kappa shape index (κ1) is 16.9. The van der Waals surface area contributed by atoms with Gasteiger partial charge in [-0.25, -0.2) is 4.39 Å². The minimum absolute atomic E-state index is 0.151. The summed E-state index contributed by atoms with van der Waals surface area (Å²) in [4.78, 5) is 0. The van der Waals surface area contributed by atoms with Crippen LogP contribution in [0, 0.1) is 5.82 Å². The summed E-state index contributed by atoms with van der Waals surface area (Å²) < 4.78 is 42.8. The number of para-hydroxylation sites is 1. The molecule has 6 heteroatoms. The Balaban J connectivity index is 1.97. The van der Waals surface area contributed by atoms with Crippen molar-refractivity contribution in [1.82, 2.24) is 0 Å². The number of nitrogens with one attached hydrogen (secondary N) is 1. The summed E-state index contributed by atoms with van der Waals surface area (Å²) in [5, 5.41) is 3.05. The predicted octanol–water partition coefficient (Wildman–Crippen LogP) is 3.47. The molecule has 0 saturated heterocycles. The van der Waals surface area contributed by atoms with Crippen molar-refractivity contribution in [3.63, 3.8) is 0 Å². The van der Waals surface area contributed by atoms with E-state index in [1.165, 1.54) is 6.07 Å². The lowest BCUT2D eigenvalue weighted by Gasteiger charge is -2.07. The molecule has 0 unspecified atom stereocenters. The molecule has 114 valence electrons. The third kappa shape index (κ3) is 8.12. The average molecular weight is 303 g/mol. The molecule has 0 aliphatic carbocycles. The van der Waals surface area contributed by atoms with Gasteiger partial charge in [-0.05, 0) is 25.0 Å². The van der Waals surface area contributed by atoms with Gasteiger partial charge in [0.15, 0.2) is 0 Å². The molecular formula is C14H22FNO3S. The van der Waals surface area contributed by atoms with Crippen LogP contribution in [0.15, 0.2) is 24.3 Å². The lowest BCUT2D eigenvalue weighted by molar-refractivity contribution is 0.478. The molecule has 0 aliphatic heterocycles. The van der Waals surface area contributed by atoms with Gasteiger partial charge in [0.05, 0.1) is 11.4 Å². The molecule has 0 atom stereocenters. The van der Waals surface area contributed by atoms with E-state index in [1.807, 2.05) is 0 Å². The van der Waals surface area contributed by atoms with Crippen LogP contribution in [0.4, 0.5) is 10.1 Å². The number of benzene rings is 1. The van der Waals surface area contributed by atoms with Gasteiger partial charge in [-0.3, -0.25) is 4.55 Å². The van der Waals surface area contributed by atoms with Gasteiger partial charge in [-0.1, -0.05) is 37.8 Å². The first-order valence-corrected chi connectivity index (χ1v) is 8.53. The van der Waals surface area contributed by atoms with Crippen molar-refractivity contribution in [2.45, 2.75) is 38.5 Å². The summed E-state index contributed by atoms with van der Waals surface area (Å²) in [5.74, 6) is -0.389. The lowest BCUT2D eigenvalue weighted by atomic mass is 10.1. The van der Waals surface area contributed by atoms with Crippen LogP contribution in [-0.2, 0) is 10.1 Å². The monoisotopic (exact) mass is 303 g/mol. The van der Waals surface area contributed by atoms with Crippen LogP contribution in [0.5, 0.6) is 0 Å². The van der Waals surface area contributed by atoms with E-state index in [1.54, 1.807) is 18.2 Å². The van der Waals surface area contributed by atoms with Gasteiger partial charge in [0, 0.05) is 6.54 Å². The summed E-state index contributed by atoms with van der Waals surface area (Å²) in [6, 6.07) is 6.59. The number of halogens is 1. The Bertz CT molecular complexity index is 491. The van der Waals surface area contributed by atoms with Crippen LogP contribution < -0.4 is 5.32 Å². The molecule has 1 rings (SSSR count). The van der Waals surface area contributed by atoms with E-state index < -0.39 is 10.1 Å². The molecule has 0 spiro atoms. The highest BCUT2D eigenvalue weighted by atomic mass is 32.2. The molecule has 1 aromatic carbocycles. The Labute approximate surface area is 120 Å². The second kappa shape index (κ2) is 8.92. The predicted molar refractivity (Wildman–Crippen MR) is 79.0 cm³/mol. The van der Waals surface area contributed by atoms with E-state index in [0.29, 0.717) is 12.1 Å². The Morgan fingerprint density at radius 3 is 2.25 bits per heavy atom. The minimum Gasteiger partial charge on any atom is -0.383 e. The lowest BCUT2D eigenvalue weighted by Crippen LogP contribution is -2.04. The maximum Gasteiger partial charge on any atom is 0.264 e. The van der Waals surface area contributed by atoms with Crippen molar-refractivity contribution >= 4 is 15.8 Å². The molecular weight excluding hydrogens is 281 g/mol. The number of unbranched alkanes of at least 4 members (excludes halogenated alkanes) is 5. The van der Waals surface area contributed by atoms with E-state index in [0.717, 1.165) is 38.6 Å². The molecule has 0 fully saturated rings. The van der Waals surface area contributed by atoms with Crippen LogP contribution >= 0.6 is 0 Å². The normalized spacial score (nSPS) is 11.5. The van der Waals surface area contributed by atoms with Gasteiger partial charge in [-0.15, -0.1) is 0 Å². The first-order valence-electron chi connectivity index (χ1n) is 6.92. The highest BCUT2D eigenvalue weighted by Gasteiger charge is 2.03. The third-order valence-electron chi connectivity index (χ3n) is 3.02. The maximum atomic E-state index is 13.3. The number of anilines is 1. The number of hydrogen-bond acceptors (Lipinski definition) is 3. The van der Waals surface area contributed by atoms with E-state index in [4.69, 9.17) is 4.55 Å². The van der Waals surface area contributed by atoms with Gasteiger partial charge in [0.25, 0.3) is 10.1 Å². The average Bonchev–Trinajstić information content (AvgIpc) is 2.37. The van der Waals surface area contributed by atoms with Gasteiger partial charge in [-0.2, -0.15) is 8.42 Å². The van der Waals surface area contributed by atoms with Crippen molar-refractivity contribution in [2.75, 3.05) is 17.6 Å². The second-order valence-electron chi connectivity index (χ2n) is 4.81. The fourth-order valence-electron chi connectivity index (χ4n) is 1.94. The third-order valence-corrected chi connectivity index (χ3v) is 3.82. The summed E-state index contributed by atoms with van der Waals surface area (Å²) in [6.07, 6.45) is 5.26. The second-order valence-corrected chi connectivity index (χ2v) is 6.39. The molecule has 0 amide bonds. The van der Waals surface area contributed by atoms with Crippen molar-refractivity contribution in [3.05, 3.63) is 30.1 Å². The summed E-state index contributed by atoms with van der Waals surface area (Å²) in [5.41, 5.74) is 0.528. The fraction of sp³-hybridized carbons (Fsp3) is 0.571. The van der Waals surface area contributed by atoms with E-state index in [9.17, 15) is 12.8 Å². The zero-order chi connectivity index (χ0) is 14.8. The molecule has 0 aromatic heterocycles. The molecule has 2 N–H and O–H groups in total. The van der Waals surface area contributed by atoms with Crippen LogP contribution in [0.1, 0.15) is 38.5 Å². The Kier molecular flexibility index (Phi) is 7.54. The molecule has 4 nitrogen and oxygen atoms in total. The maximum absolute atomic E-state index is 13.3. The molecule has 1 aromatic rings. The van der Waals surface area contributed by atoms with Crippen LogP contribution in [0.2, 0.25) is 0 Å². The molecule has 0 aliphatic rings. The topological polar surface area (TPSA) is 66.4 Å². The van der Waals surface area contributed by atoms with Gasteiger partial charge in [0.1, 0.15) is 5.82 Å². The standard InChI is InChI=1S/C14H22FNO3S/c15-13-9-5-6-10-14(13)16-11-7-3-1-2-4-8-12-20(17,18)19/h5-6,9-10,16H,1-4,7-8,11-12H2,(H,17,18,19). The smallest absolute Gasteiger partial charge is 0.264 e. The van der Waals surface area contributed by atoms with Crippen molar-refractivity contribution in [1.29, 1.82) is 0 Å². The summed E-state index contributed by atoms with van der Waals surface area (Å²) in [6.45, 7) is 0.728. The van der Waals surface area contributed by atoms with Crippen molar-refractivity contribution in [3.8, 4) is 0 Å². The number of rotatable bonds is 10. The Morgan fingerprint density at radius 2 is 1.60 bits per heavy atom. The molecule has 0 saturated carbocycles. The zero-order valence-corrected chi connectivity index (χ0v) is 12.3. The Morgan fingerprint density at radius 1 is 1.00 bits per heavy atom. The van der Waals surface area contributed by atoms with Crippen LogP contribution in [0.3, 0.4) is 0 Å². The summed E-state index contributed by atoms with van der Waals surface area (Å²) >= 11 is 0. The zero-order valence-electron chi connectivity index (χ0n) is 11.5. The molecule has 0 bridgehead atoms. The highest BCUT2D eigenvalue weighted by Crippen LogP contribution is 2.13. The molecule has 20 heavy (non-hydrogen) atoms. The van der Waals surface area contributed by atoms with Gasteiger partial charge >= 0.3 is 0 Å². The minimum atomic E-state index is -3.81. The van der Waals surface area contributed by atoms with Crippen LogP contribution in [0.25, 0.3) is 0 Å². The van der Waals surface area contributed by atoms with Crippen molar-refractivity contribution < 1.29 is 17.4 Å². The van der Waals surface area contributed by atoms with E-state index in [-0.39, 0.29) is 11.6 Å².